The van der Waals surface area contributed by atoms with E-state index < -0.39 is 15.9 Å². The average molecular weight is 581 g/mol. The highest BCUT2D eigenvalue weighted by Crippen LogP contribution is 2.30. The fraction of sp³-hybridized carbons (Fsp3) is 0.0938. The summed E-state index contributed by atoms with van der Waals surface area (Å²) in [5, 5.41) is 20.0. The molecule has 2 heterocycles. The van der Waals surface area contributed by atoms with E-state index in [0.717, 1.165) is 17.2 Å². The molecule has 0 aliphatic rings. The van der Waals surface area contributed by atoms with E-state index in [1.165, 1.54) is 23.2 Å². The SMILES string of the molecule is Cc1cc(S(=O)(=O)NCc2ccccn2)cnc1-c1ccc(N(Cc2ccccc2)C(=O)c2ccc(O)cc2O)cc1. The Balaban J connectivity index is 1.40. The average Bonchev–Trinajstić information content (AvgIpc) is 3.00. The molecule has 0 unspecified atom stereocenters. The van der Waals surface area contributed by atoms with Gasteiger partial charge in [-0.15, -0.1) is 0 Å². The highest BCUT2D eigenvalue weighted by Gasteiger charge is 2.22. The molecule has 0 radical (unpaired) electrons. The van der Waals surface area contributed by atoms with Crippen LogP contribution in [-0.4, -0.2) is 34.5 Å². The van der Waals surface area contributed by atoms with Crippen molar-refractivity contribution in [2.24, 2.45) is 0 Å². The van der Waals surface area contributed by atoms with E-state index >= 15 is 0 Å². The van der Waals surface area contributed by atoms with Crippen molar-refractivity contribution in [3.63, 3.8) is 0 Å². The summed E-state index contributed by atoms with van der Waals surface area (Å²) in [7, 11) is -3.80. The topological polar surface area (TPSA) is 133 Å². The van der Waals surface area contributed by atoms with Gasteiger partial charge in [0.1, 0.15) is 16.4 Å². The number of rotatable bonds is 9. The van der Waals surface area contributed by atoms with Gasteiger partial charge in [-0.1, -0.05) is 48.5 Å². The molecule has 5 rings (SSSR count). The molecule has 3 N–H and O–H groups in total. The van der Waals surface area contributed by atoms with Gasteiger partial charge in [0.2, 0.25) is 10.0 Å². The van der Waals surface area contributed by atoms with Crippen molar-refractivity contribution in [3.8, 4) is 22.8 Å². The minimum absolute atomic E-state index is 0.0460. The predicted molar refractivity (Wildman–Crippen MR) is 159 cm³/mol. The number of nitrogens with zero attached hydrogens (tertiary/aromatic N) is 3. The van der Waals surface area contributed by atoms with Crippen molar-refractivity contribution in [1.82, 2.24) is 14.7 Å². The Morgan fingerprint density at radius 1 is 0.881 bits per heavy atom. The van der Waals surface area contributed by atoms with E-state index in [9.17, 15) is 23.4 Å². The van der Waals surface area contributed by atoms with E-state index in [1.54, 1.807) is 61.7 Å². The first kappa shape index (κ1) is 28.5. The molecule has 0 aliphatic carbocycles. The fourth-order valence-corrected chi connectivity index (χ4v) is 5.47. The van der Waals surface area contributed by atoms with Gasteiger partial charge in [-0.05, 0) is 60.5 Å². The minimum atomic E-state index is -3.80. The van der Waals surface area contributed by atoms with Crippen molar-refractivity contribution in [2.75, 3.05) is 4.90 Å². The van der Waals surface area contributed by atoms with Crippen LogP contribution in [0.2, 0.25) is 0 Å². The minimum Gasteiger partial charge on any atom is -0.508 e. The van der Waals surface area contributed by atoms with Crippen molar-refractivity contribution in [2.45, 2.75) is 24.9 Å². The van der Waals surface area contributed by atoms with Crippen LogP contribution < -0.4 is 9.62 Å². The molecule has 2 aromatic heterocycles. The summed E-state index contributed by atoms with van der Waals surface area (Å²) in [6.07, 6.45) is 2.92. The van der Waals surface area contributed by atoms with Gasteiger partial charge < -0.3 is 15.1 Å². The molecule has 212 valence electrons. The maximum absolute atomic E-state index is 13.6. The van der Waals surface area contributed by atoms with Crippen LogP contribution in [0, 0.1) is 6.92 Å². The Kier molecular flexibility index (Phi) is 8.28. The van der Waals surface area contributed by atoms with E-state index in [4.69, 9.17) is 0 Å². The van der Waals surface area contributed by atoms with Crippen molar-refractivity contribution >= 4 is 21.6 Å². The molecule has 3 aromatic carbocycles. The first-order valence-electron chi connectivity index (χ1n) is 13.1. The summed E-state index contributed by atoms with van der Waals surface area (Å²) in [6.45, 7) is 2.09. The zero-order chi connectivity index (χ0) is 29.7. The third-order valence-electron chi connectivity index (χ3n) is 6.63. The number of anilines is 1. The Hall–Kier alpha value is -5.06. The summed E-state index contributed by atoms with van der Waals surface area (Å²) >= 11 is 0. The lowest BCUT2D eigenvalue weighted by atomic mass is 10.1. The van der Waals surface area contributed by atoms with Gasteiger partial charge >= 0.3 is 0 Å². The van der Waals surface area contributed by atoms with Crippen LogP contribution in [0.5, 0.6) is 11.5 Å². The second-order valence-electron chi connectivity index (χ2n) is 9.61. The van der Waals surface area contributed by atoms with Crippen LogP contribution in [0.3, 0.4) is 0 Å². The molecule has 0 spiro atoms. The number of amides is 1. The summed E-state index contributed by atoms with van der Waals surface area (Å²) < 4.78 is 28.3. The largest absolute Gasteiger partial charge is 0.508 e. The van der Waals surface area contributed by atoms with Crippen LogP contribution in [0.15, 0.2) is 114 Å². The highest BCUT2D eigenvalue weighted by atomic mass is 32.2. The Labute approximate surface area is 243 Å². The maximum Gasteiger partial charge on any atom is 0.262 e. The first-order valence-corrected chi connectivity index (χ1v) is 14.5. The zero-order valence-corrected chi connectivity index (χ0v) is 23.5. The van der Waals surface area contributed by atoms with Gasteiger partial charge in [0, 0.05) is 29.7 Å². The summed E-state index contributed by atoms with van der Waals surface area (Å²) in [6, 6.07) is 27.3. The van der Waals surface area contributed by atoms with Crippen molar-refractivity contribution < 1.29 is 23.4 Å². The normalized spacial score (nSPS) is 11.3. The number of aromatic nitrogens is 2. The number of phenolic OH excluding ortho intramolecular Hbond substituents is 2. The van der Waals surface area contributed by atoms with Crippen LogP contribution in [0.25, 0.3) is 11.3 Å². The molecular weight excluding hydrogens is 552 g/mol. The lowest BCUT2D eigenvalue weighted by molar-refractivity contribution is 0.0982. The van der Waals surface area contributed by atoms with Gasteiger partial charge in [0.15, 0.2) is 0 Å². The molecule has 0 bridgehead atoms. The smallest absolute Gasteiger partial charge is 0.262 e. The standard InChI is InChI=1S/C32H28N4O5S/c1-22-17-28(42(40,41)35-19-25-9-5-6-16-33-25)20-34-31(22)24-10-12-26(13-11-24)36(21-23-7-3-2-4-8-23)32(39)29-15-14-27(37)18-30(29)38/h2-18,20,35,37-38H,19,21H2,1H3. The number of carbonyl (C=O) groups is 1. The van der Waals surface area contributed by atoms with Crippen molar-refractivity contribution in [3.05, 3.63) is 132 Å². The van der Waals surface area contributed by atoms with Gasteiger partial charge in [0.05, 0.1) is 30.0 Å². The quantitative estimate of drug-likeness (QED) is 0.219. The van der Waals surface area contributed by atoms with Gasteiger partial charge in [-0.2, -0.15) is 0 Å². The maximum atomic E-state index is 13.6. The number of aromatic hydroxyl groups is 2. The number of phenols is 2. The number of nitrogens with one attached hydrogen (secondary N) is 1. The summed E-state index contributed by atoms with van der Waals surface area (Å²) in [5.74, 6) is -0.904. The fourth-order valence-electron chi connectivity index (χ4n) is 4.45. The highest BCUT2D eigenvalue weighted by molar-refractivity contribution is 7.89. The Morgan fingerprint density at radius 2 is 1.62 bits per heavy atom. The number of carbonyl (C=O) groups excluding carboxylic acids is 1. The molecule has 5 aromatic rings. The molecule has 10 heteroatoms. The number of pyridine rings is 2. The summed E-state index contributed by atoms with van der Waals surface area (Å²) in [4.78, 5) is 23.7. The number of benzene rings is 3. The van der Waals surface area contributed by atoms with E-state index in [1.807, 2.05) is 30.3 Å². The van der Waals surface area contributed by atoms with E-state index in [2.05, 4.69) is 14.7 Å². The van der Waals surface area contributed by atoms with Crippen LogP contribution in [0.4, 0.5) is 5.69 Å². The Bertz CT molecular complexity index is 1810. The summed E-state index contributed by atoms with van der Waals surface area (Å²) in [5.41, 5.74) is 4.12. The molecule has 0 saturated heterocycles. The van der Waals surface area contributed by atoms with Crippen LogP contribution >= 0.6 is 0 Å². The molecule has 9 nitrogen and oxygen atoms in total. The molecule has 0 atom stereocenters. The third-order valence-corrected chi connectivity index (χ3v) is 7.99. The second kappa shape index (κ2) is 12.2. The number of sulfonamides is 1. The molecule has 42 heavy (non-hydrogen) atoms. The zero-order valence-electron chi connectivity index (χ0n) is 22.7. The first-order chi connectivity index (χ1) is 20.2. The number of aryl methyl sites for hydroxylation is 1. The van der Waals surface area contributed by atoms with E-state index in [0.29, 0.717) is 22.6 Å². The number of hydrogen-bond donors (Lipinski definition) is 3. The van der Waals surface area contributed by atoms with E-state index in [-0.39, 0.29) is 35.0 Å². The molecular formula is C32H28N4O5S. The number of hydrogen-bond acceptors (Lipinski definition) is 7. The molecule has 0 aliphatic heterocycles. The third kappa shape index (κ3) is 6.46. The van der Waals surface area contributed by atoms with Gasteiger partial charge in [-0.3, -0.25) is 14.8 Å². The van der Waals surface area contributed by atoms with Crippen molar-refractivity contribution in [1.29, 1.82) is 0 Å². The van der Waals surface area contributed by atoms with Gasteiger partial charge in [-0.25, -0.2) is 13.1 Å². The van der Waals surface area contributed by atoms with Crippen LogP contribution in [0.1, 0.15) is 27.2 Å². The molecule has 0 fully saturated rings. The Morgan fingerprint density at radius 3 is 2.29 bits per heavy atom. The monoisotopic (exact) mass is 580 g/mol. The predicted octanol–water partition coefficient (Wildman–Crippen LogP) is 5.19. The second-order valence-corrected chi connectivity index (χ2v) is 11.4. The molecule has 0 saturated carbocycles. The lowest BCUT2D eigenvalue weighted by Crippen LogP contribution is -2.30. The molecule has 1 amide bonds. The van der Waals surface area contributed by atoms with Gasteiger partial charge in [0.25, 0.3) is 5.91 Å². The lowest BCUT2D eigenvalue weighted by Gasteiger charge is -2.24. The van der Waals surface area contributed by atoms with Crippen LogP contribution in [-0.2, 0) is 23.1 Å².